The van der Waals surface area contributed by atoms with E-state index in [2.05, 4.69) is 11.9 Å². The second kappa shape index (κ2) is 6.87. The molecule has 0 spiro atoms. The lowest BCUT2D eigenvalue weighted by Gasteiger charge is -2.16. The Bertz CT molecular complexity index is 432. The predicted octanol–water partition coefficient (Wildman–Crippen LogP) is 2.43. The normalized spacial score (nSPS) is 14.6. The average Bonchev–Trinajstić information content (AvgIpc) is 3.19. The van der Waals surface area contributed by atoms with E-state index in [0.717, 1.165) is 36.8 Å². The molecule has 0 aromatic heterocycles. The highest BCUT2D eigenvalue weighted by atomic mass is 32.1. The van der Waals surface area contributed by atoms with Crippen molar-refractivity contribution in [2.24, 2.45) is 11.7 Å². The van der Waals surface area contributed by atoms with E-state index in [4.69, 9.17) is 22.7 Å². The van der Waals surface area contributed by atoms with E-state index in [1.54, 1.807) is 0 Å². The van der Waals surface area contributed by atoms with Crippen molar-refractivity contribution < 1.29 is 4.74 Å². The third-order valence-electron chi connectivity index (χ3n) is 3.34. The molecular formula is C15H22N2OS. The van der Waals surface area contributed by atoms with Crippen LogP contribution in [0.15, 0.2) is 24.3 Å². The van der Waals surface area contributed by atoms with Crippen LogP contribution in [0.4, 0.5) is 0 Å². The molecule has 1 aromatic rings. The SMILES string of the molecule is CN(CCCOc1cccc(C(N)=S)c1)CC1CC1. The van der Waals surface area contributed by atoms with Gasteiger partial charge in [-0.1, -0.05) is 24.4 Å². The lowest BCUT2D eigenvalue weighted by molar-refractivity contribution is 0.257. The Morgan fingerprint density at radius 2 is 2.26 bits per heavy atom. The van der Waals surface area contributed by atoms with E-state index in [1.165, 1.54) is 19.4 Å². The van der Waals surface area contributed by atoms with Crippen LogP contribution in [-0.4, -0.2) is 36.6 Å². The second-order valence-corrected chi connectivity index (χ2v) is 5.74. The van der Waals surface area contributed by atoms with Crippen molar-refractivity contribution in [2.45, 2.75) is 19.3 Å². The number of hydrogen-bond acceptors (Lipinski definition) is 3. The Hall–Kier alpha value is -1.13. The third kappa shape index (κ3) is 5.17. The number of nitrogens with two attached hydrogens (primary N) is 1. The van der Waals surface area contributed by atoms with Gasteiger partial charge >= 0.3 is 0 Å². The van der Waals surface area contributed by atoms with E-state index in [0.29, 0.717) is 4.99 Å². The Morgan fingerprint density at radius 3 is 2.95 bits per heavy atom. The Balaban J connectivity index is 1.67. The van der Waals surface area contributed by atoms with Gasteiger partial charge in [0, 0.05) is 18.7 Å². The number of thiocarbonyl (C=S) groups is 1. The highest BCUT2D eigenvalue weighted by Gasteiger charge is 2.22. The largest absolute Gasteiger partial charge is 0.494 e. The van der Waals surface area contributed by atoms with Crippen LogP contribution in [0.1, 0.15) is 24.8 Å². The van der Waals surface area contributed by atoms with Crippen LogP contribution >= 0.6 is 12.2 Å². The second-order valence-electron chi connectivity index (χ2n) is 5.30. The van der Waals surface area contributed by atoms with Gasteiger partial charge in [-0.15, -0.1) is 0 Å². The molecule has 0 saturated heterocycles. The van der Waals surface area contributed by atoms with E-state index in [-0.39, 0.29) is 0 Å². The first kappa shape index (κ1) is 14.3. The molecule has 19 heavy (non-hydrogen) atoms. The first-order valence-electron chi connectivity index (χ1n) is 6.86. The summed E-state index contributed by atoms with van der Waals surface area (Å²) >= 11 is 4.95. The van der Waals surface area contributed by atoms with Crippen molar-refractivity contribution in [1.82, 2.24) is 4.90 Å². The minimum Gasteiger partial charge on any atom is -0.494 e. The summed E-state index contributed by atoms with van der Waals surface area (Å²) in [4.78, 5) is 2.81. The Morgan fingerprint density at radius 1 is 1.47 bits per heavy atom. The van der Waals surface area contributed by atoms with Gasteiger partial charge in [0.2, 0.25) is 0 Å². The molecule has 0 unspecified atom stereocenters. The molecule has 1 aromatic carbocycles. The number of rotatable bonds is 8. The molecule has 0 bridgehead atoms. The summed E-state index contributed by atoms with van der Waals surface area (Å²) in [6.45, 7) is 3.05. The van der Waals surface area contributed by atoms with Crippen LogP contribution in [0.5, 0.6) is 5.75 Å². The van der Waals surface area contributed by atoms with Crippen molar-refractivity contribution in [3.05, 3.63) is 29.8 Å². The zero-order chi connectivity index (χ0) is 13.7. The molecule has 0 radical (unpaired) electrons. The van der Waals surface area contributed by atoms with Crippen LogP contribution in [0.3, 0.4) is 0 Å². The highest BCUT2D eigenvalue weighted by Crippen LogP contribution is 2.29. The molecular weight excluding hydrogens is 256 g/mol. The van der Waals surface area contributed by atoms with Crippen molar-refractivity contribution in [3.63, 3.8) is 0 Å². The van der Waals surface area contributed by atoms with E-state index < -0.39 is 0 Å². The summed E-state index contributed by atoms with van der Waals surface area (Å²) in [5.74, 6) is 1.79. The van der Waals surface area contributed by atoms with Gasteiger partial charge in [-0.05, 0) is 44.4 Å². The number of ether oxygens (including phenoxy) is 1. The van der Waals surface area contributed by atoms with Crippen molar-refractivity contribution in [1.29, 1.82) is 0 Å². The van der Waals surface area contributed by atoms with E-state index in [1.807, 2.05) is 24.3 Å². The van der Waals surface area contributed by atoms with Crippen molar-refractivity contribution >= 4 is 17.2 Å². The fourth-order valence-electron chi connectivity index (χ4n) is 2.10. The monoisotopic (exact) mass is 278 g/mol. The fourth-order valence-corrected chi connectivity index (χ4v) is 2.22. The van der Waals surface area contributed by atoms with Gasteiger partial charge in [-0.3, -0.25) is 0 Å². The number of benzene rings is 1. The topological polar surface area (TPSA) is 38.5 Å². The first-order chi connectivity index (χ1) is 9.15. The summed E-state index contributed by atoms with van der Waals surface area (Å²) in [6, 6.07) is 7.66. The third-order valence-corrected chi connectivity index (χ3v) is 3.57. The Kier molecular flexibility index (Phi) is 5.16. The molecule has 0 aliphatic heterocycles. The van der Waals surface area contributed by atoms with Gasteiger partial charge in [0.25, 0.3) is 0 Å². The summed E-state index contributed by atoms with van der Waals surface area (Å²) in [6.07, 6.45) is 3.86. The molecule has 1 fully saturated rings. The summed E-state index contributed by atoms with van der Waals surface area (Å²) < 4.78 is 5.73. The summed E-state index contributed by atoms with van der Waals surface area (Å²) in [7, 11) is 2.19. The molecule has 4 heteroatoms. The fraction of sp³-hybridized carbons (Fsp3) is 0.533. The first-order valence-corrected chi connectivity index (χ1v) is 7.27. The molecule has 3 nitrogen and oxygen atoms in total. The Labute approximate surface area is 120 Å². The lowest BCUT2D eigenvalue weighted by Crippen LogP contribution is -2.23. The maximum atomic E-state index is 5.73. The van der Waals surface area contributed by atoms with Crippen molar-refractivity contribution in [2.75, 3.05) is 26.7 Å². The van der Waals surface area contributed by atoms with Crippen LogP contribution in [-0.2, 0) is 0 Å². The van der Waals surface area contributed by atoms with Gasteiger partial charge in [0.15, 0.2) is 0 Å². The molecule has 1 aliphatic rings. The van der Waals surface area contributed by atoms with Crippen LogP contribution in [0.25, 0.3) is 0 Å². The summed E-state index contributed by atoms with van der Waals surface area (Å²) in [5.41, 5.74) is 6.46. The zero-order valence-electron chi connectivity index (χ0n) is 11.5. The molecule has 2 rings (SSSR count). The summed E-state index contributed by atoms with van der Waals surface area (Å²) in [5, 5.41) is 0. The number of hydrogen-bond donors (Lipinski definition) is 1. The maximum absolute atomic E-state index is 5.73. The van der Waals surface area contributed by atoms with E-state index >= 15 is 0 Å². The minimum absolute atomic E-state index is 0.412. The van der Waals surface area contributed by atoms with Crippen LogP contribution < -0.4 is 10.5 Å². The smallest absolute Gasteiger partial charge is 0.119 e. The average molecular weight is 278 g/mol. The molecule has 0 amide bonds. The standard InChI is InChI=1S/C15H22N2OS/c1-17(11-12-6-7-12)8-3-9-18-14-5-2-4-13(10-14)15(16)19/h2,4-5,10,12H,3,6-9,11H2,1H3,(H2,16,19). The van der Waals surface area contributed by atoms with Gasteiger partial charge < -0.3 is 15.4 Å². The van der Waals surface area contributed by atoms with Gasteiger partial charge in [0.1, 0.15) is 10.7 Å². The van der Waals surface area contributed by atoms with Crippen molar-refractivity contribution in [3.8, 4) is 5.75 Å². The highest BCUT2D eigenvalue weighted by molar-refractivity contribution is 7.80. The van der Waals surface area contributed by atoms with Gasteiger partial charge in [-0.2, -0.15) is 0 Å². The predicted molar refractivity (Wildman–Crippen MR) is 82.7 cm³/mol. The molecule has 1 saturated carbocycles. The molecule has 0 atom stereocenters. The maximum Gasteiger partial charge on any atom is 0.119 e. The zero-order valence-corrected chi connectivity index (χ0v) is 12.3. The molecule has 1 aliphatic carbocycles. The molecule has 0 heterocycles. The molecule has 104 valence electrons. The van der Waals surface area contributed by atoms with Crippen LogP contribution in [0, 0.1) is 5.92 Å². The van der Waals surface area contributed by atoms with Crippen LogP contribution in [0.2, 0.25) is 0 Å². The molecule has 2 N–H and O–H groups in total. The minimum atomic E-state index is 0.412. The van der Waals surface area contributed by atoms with Gasteiger partial charge in [-0.25, -0.2) is 0 Å². The van der Waals surface area contributed by atoms with Gasteiger partial charge in [0.05, 0.1) is 6.61 Å². The lowest BCUT2D eigenvalue weighted by atomic mass is 10.2. The number of nitrogens with zero attached hydrogens (tertiary/aromatic N) is 1. The van der Waals surface area contributed by atoms with E-state index in [9.17, 15) is 0 Å². The quantitative estimate of drug-likeness (QED) is 0.585.